The molecule has 2 aromatic carbocycles. The van der Waals surface area contributed by atoms with E-state index < -0.39 is 23.7 Å². The van der Waals surface area contributed by atoms with Crippen molar-refractivity contribution in [3.05, 3.63) is 71.1 Å². The topological polar surface area (TPSA) is 97.1 Å². The van der Waals surface area contributed by atoms with E-state index in [1.807, 2.05) is 0 Å². The SMILES string of the molecule is COc1ccc(CNC(=O)c2cnc(N3CCN(Cc4cccc(C(F)(F)F)c4)C3=O)o2)cc1OC. The van der Waals surface area contributed by atoms with E-state index in [4.69, 9.17) is 13.9 Å². The number of rotatable bonds is 8. The molecule has 12 heteroatoms. The van der Waals surface area contributed by atoms with Crippen LogP contribution in [0.25, 0.3) is 0 Å². The van der Waals surface area contributed by atoms with Crippen LogP contribution in [0, 0.1) is 0 Å². The number of alkyl halides is 3. The van der Waals surface area contributed by atoms with Crippen molar-refractivity contribution in [2.75, 3.05) is 32.2 Å². The van der Waals surface area contributed by atoms with Gasteiger partial charge in [-0.05, 0) is 35.4 Å². The summed E-state index contributed by atoms with van der Waals surface area (Å²) in [6.07, 6.45) is -3.26. The van der Waals surface area contributed by atoms with E-state index in [1.54, 1.807) is 18.2 Å². The van der Waals surface area contributed by atoms with E-state index in [9.17, 15) is 22.8 Å². The van der Waals surface area contributed by atoms with Gasteiger partial charge in [-0.3, -0.25) is 4.79 Å². The summed E-state index contributed by atoms with van der Waals surface area (Å²) in [5, 5.41) is 2.70. The van der Waals surface area contributed by atoms with Crippen LogP contribution < -0.4 is 19.7 Å². The zero-order chi connectivity index (χ0) is 25.9. The molecule has 0 spiro atoms. The maximum Gasteiger partial charge on any atom is 0.416 e. The summed E-state index contributed by atoms with van der Waals surface area (Å²) < 4.78 is 54.8. The third-order valence-corrected chi connectivity index (χ3v) is 5.57. The van der Waals surface area contributed by atoms with Crippen molar-refractivity contribution in [2.24, 2.45) is 0 Å². The lowest BCUT2D eigenvalue weighted by atomic mass is 10.1. The highest BCUT2D eigenvalue weighted by molar-refractivity contribution is 5.94. The number of nitrogens with one attached hydrogen (secondary N) is 1. The summed E-state index contributed by atoms with van der Waals surface area (Å²) in [7, 11) is 3.03. The van der Waals surface area contributed by atoms with Crippen molar-refractivity contribution in [3.63, 3.8) is 0 Å². The molecule has 1 aliphatic rings. The normalized spacial score (nSPS) is 13.8. The monoisotopic (exact) mass is 504 g/mol. The molecule has 9 nitrogen and oxygen atoms in total. The lowest BCUT2D eigenvalue weighted by Crippen LogP contribution is -2.31. The number of benzene rings is 2. The third kappa shape index (κ3) is 5.37. The summed E-state index contributed by atoms with van der Waals surface area (Å²) >= 11 is 0. The molecule has 0 bridgehead atoms. The first-order valence-corrected chi connectivity index (χ1v) is 10.9. The number of ether oxygens (including phenoxy) is 2. The van der Waals surface area contributed by atoms with Gasteiger partial charge in [0.15, 0.2) is 11.5 Å². The van der Waals surface area contributed by atoms with Crippen LogP contribution in [0.3, 0.4) is 0 Å². The molecule has 36 heavy (non-hydrogen) atoms. The third-order valence-electron chi connectivity index (χ3n) is 5.57. The number of aromatic nitrogens is 1. The zero-order valence-corrected chi connectivity index (χ0v) is 19.5. The highest BCUT2D eigenvalue weighted by atomic mass is 19.4. The van der Waals surface area contributed by atoms with Crippen molar-refractivity contribution in [2.45, 2.75) is 19.3 Å². The summed E-state index contributed by atoms with van der Waals surface area (Å²) in [5.74, 6) is 0.462. The van der Waals surface area contributed by atoms with Crippen LogP contribution >= 0.6 is 0 Å². The summed E-state index contributed by atoms with van der Waals surface area (Å²) in [6.45, 7) is 0.657. The Labute approximate surface area is 204 Å². The van der Waals surface area contributed by atoms with Gasteiger partial charge in [0.2, 0.25) is 5.76 Å². The summed E-state index contributed by atoms with van der Waals surface area (Å²) in [4.78, 5) is 32.0. The number of nitrogens with zero attached hydrogens (tertiary/aromatic N) is 3. The minimum Gasteiger partial charge on any atom is -0.493 e. The summed E-state index contributed by atoms with van der Waals surface area (Å²) in [6, 6.07) is 9.50. The van der Waals surface area contributed by atoms with Gasteiger partial charge < -0.3 is 24.1 Å². The lowest BCUT2D eigenvalue weighted by Gasteiger charge is -2.17. The van der Waals surface area contributed by atoms with Gasteiger partial charge >= 0.3 is 18.2 Å². The number of methoxy groups -OCH3 is 2. The Morgan fingerprint density at radius 3 is 2.58 bits per heavy atom. The zero-order valence-electron chi connectivity index (χ0n) is 19.5. The van der Waals surface area contributed by atoms with Gasteiger partial charge in [0.1, 0.15) is 0 Å². The Morgan fingerprint density at radius 1 is 1.08 bits per heavy atom. The van der Waals surface area contributed by atoms with E-state index in [1.165, 1.54) is 42.3 Å². The quantitative estimate of drug-likeness (QED) is 0.497. The van der Waals surface area contributed by atoms with Gasteiger partial charge in [-0.25, -0.2) is 14.7 Å². The van der Waals surface area contributed by atoms with Crippen LogP contribution in [-0.4, -0.2) is 49.1 Å². The van der Waals surface area contributed by atoms with Crippen LogP contribution in [0.5, 0.6) is 11.5 Å². The standard InChI is InChI=1S/C24H23F3N4O5/c1-34-18-7-6-15(11-19(18)35-2)12-28-21(32)20-13-29-22(36-20)31-9-8-30(23(31)33)14-16-4-3-5-17(10-16)24(25,26)27/h3-7,10-11,13H,8-9,12,14H2,1-2H3,(H,28,32). The average molecular weight is 504 g/mol. The predicted molar refractivity (Wildman–Crippen MR) is 122 cm³/mol. The number of hydrogen-bond acceptors (Lipinski definition) is 6. The summed E-state index contributed by atoms with van der Waals surface area (Å²) in [5.41, 5.74) is 0.336. The molecular weight excluding hydrogens is 481 g/mol. The van der Waals surface area contributed by atoms with Crippen molar-refractivity contribution in [3.8, 4) is 11.5 Å². The molecule has 2 heterocycles. The molecule has 0 saturated carbocycles. The molecule has 1 aliphatic heterocycles. The molecule has 0 unspecified atom stereocenters. The van der Waals surface area contributed by atoms with Gasteiger partial charge in [-0.2, -0.15) is 13.2 Å². The van der Waals surface area contributed by atoms with Crippen molar-refractivity contribution in [1.29, 1.82) is 0 Å². The molecule has 0 atom stereocenters. The molecule has 0 radical (unpaired) electrons. The molecule has 1 aromatic heterocycles. The van der Waals surface area contributed by atoms with Crippen LogP contribution in [0.1, 0.15) is 27.2 Å². The predicted octanol–water partition coefficient (Wildman–Crippen LogP) is 4.08. The fraction of sp³-hybridized carbons (Fsp3) is 0.292. The van der Waals surface area contributed by atoms with Crippen LogP contribution in [0.15, 0.2) is 53.1 Å². The van der Waals surface area contributed by atoms with Gasteiger partial charge in [0.25, 0.3) is 5.91 Å². The Bertz CT molecular complexity index is 1260. The van der Waals surface area contributed by atoms with Crippen LogP contribution in [-0.2, 0) is 19.3 Å². The number of halogens is 3. The number of oxazole rings is 1. The second kappa shape index (κ2) is 10.2. The first-order valence-electron chi connectivity index (χ1n) is 10.9. The number of carbonyl (C=O) groups excluding carboxylic acids is 2. The van der Waals surface area contributed by atoms with E-state index in [0.717, 1.165) is 17.7 Å². The Kier molecular flexibility index (Phi) is 7.04. The maximum absolute atomic E-state index is 13.0. The van der Waals surface area contributed by atoms with Gasteiger partial charge in [0.05, 0.1) is 26.0 Å². The Hall–Kier alpha value is -4.22. The molecule has 0 aliphatic carbocycles. The second-order valence-corrected chi connectivity index (χ2v) is 7.93. The highest BCUT2D eigenvalue weighted by Gasteiger charge is 2.34. The molecule has 3 aromatic rings. The molecular formula is C24H23F3N4O5. The van der Waals surface area contributed by atoms with E-state index in [0.29, 0.717) is 17.1 Å². The van der Waals surface area contributed by atoms with E-state index in [2.05, 4.69) is 10.3 Å². The Morgan fingerprint density at radius 2 is 1.86 bits per heavy atom. The van der Waals surface area contributed by atoms with Crippen LogP contribution in [0.2, 0.25) is 0 Å². The fourth-order valence-corrected chi connectivity index (χ4v) is 3.73. The number of amides is 3. The molecule has 4 rings (SSSR count). The minimum absolute atomic E-state index is 0.00136. The van der Waals surface area contributed by atoms with Gasteiger partial charge in [-0.15, -0.1) is 0 Å². The van der Waals surface area contributed by atoms with Gasteiger partial charge in [0, 0.05) is 26.2 Å². The maximum atomic E-state index is 13.0. The number of carbonyl (C=O) groups is 2. The van der Waals surface area contributed by atoms with E-state index in [-0.39, 0.29) is 38.0 Å². The average Bonchev–Trinajstić information content (AvgIpc) is 3.49. The first kappa shape index (κ1) is 24.9. The largest absolute Gasteiger partial charge is 0.493 e. The van der Waals surface area contributed by atoms with E-state index >= 15 is 0 Å². The van der Waals surface area contributed by atoms with Crippen molar-refractivity contribution >= 4 is 18.0 Å². The molecule has 190 valence electrons. The van der Waals surface area contributed by atoms with Crippen molar-refractivity contribution < 1.29 is 36.7 Å². The molecule has 1 fully saturated rings. The number of anilines is 1. The highest BCUT2D eigenvalue weighted by Crippen LogP contribution is 2.30. The number of hydrogen-bond donors (Lipinski definition) is 1. The van der Waals surface area contributed by atoms with Crippen molar-refractivity contribution in [1.82, 2.24) is 15.2 Å². The fourth-order valence-electron chi connectivity index (χ4n) is 3.73. The lowest BCUT2D eigenvalue weighted by molar-refractivity contribution is -0.137. The second-order valence-electron chi connectivity index (χ2n) is 7.93. The minimum atomic E-state index is -4.47. The Balaban J connectivity index is 1.37. The molecule has 1 saturated heterocycles. The molecule has 3 amide bonds. The number of urea groups is 1. The van der Waals surface area contributed by atoms with Crippen LogP contribution in [0.4, 0.5) is 24.0 Å². The molecule has 1 N–H and O–H groups in total. The smallest absolute Gasteiger partial charge is 0.416 e. The first-order chi connectivity index (χ1) is 17.2. The van der Waals surface area contributed by atoms with Gasteiger partial charge in [-0.1, -0.05) is 18.2 Å².